The van der Waals surface area contributed by atoms with Gasteiger partial charge in [0.15, 0.2) is 0 Å². The van der Waals surface area contributed by atoms with Crippen molar-refractivity contribution in [1.29, 1.82) is 0 Å². The Labute approximate surface area is 112 Å². The van der Waals surface area contributed by atoms with Crippen LogP contribution in [-0.4, -0.2) is 9.78 Å². The topological polar surface area (TPSA) is 29.9 Å². The smallest absolute Gasteiger partial charge is 0.0683 e. The maximum atomic E-state index is 4.29. The molecule has 1 N–H and O–H groups in total. The average Bonchev–Trinajstić information content (AvgIpc) is 2.74. The molecule has 0 unspecified atom stereocenters. The van der Waals surface area contributed by atoms with Gasteiger partial charge in [0, 0.05) is 23.8 Å². The second-order valence-corrected chi connectivity index (χ2v) is 4.99. The number of aryl methyl sites for hydroxylation is 3. The van der Waals surface area contributed by atoms with Gasteiger partial charge in [-0.15, -0.1) is 0 Å². The summed E-state index contributed by atoms with van der Waals surface area (Å²) in [6.07, 6.45) is 1.90. The highest BCUT2D eigenvalue weighted by molar-refractivity contribution is 5.85. The number of benzene rings is 2. The molecule has 0 aliphatic rings. The molecule has 96 valence electrons. The second kappa shape index (κ2) is 4.43. The monoisotopic (exact) mass is 251 g/mol. The first-order valence-electron chi connectivity index (χ1n) is 6.39. The van der Waals surface area contributed by atoms with Crippen molar-refractivity contribution in [2.75, 3.05) is 5.32 Å². The first-order chi connectivity index (χ1) is 9.13. The van der Waals surface area contributed by atoms with Crippen molar-refractivity contribution in [3.63, 3.8) is 0 Å². The first-order valence-corrected chi connectivity index (χ1v) is 6.39. The van der Waals surface area contributed by atoms with E-state index in [-0.39, 0.29) is 0 Å². The van der Waals surface area contributed by atoms with Crippen molar-refractivity contribution >= 4 is 22.3 Å². The Hall–Kier alpha value is -2.29. The number of anilines is 2. The first kappa shape index (κ1) is 11.8. The van der Waals surface area contributed by atoms with E-state index >= 15 is 0 Å². The van der Waals surface area contributed by atoms with Gasteiger partial charge in [-0.25, -0.2) is 0 Å². The van der Waals surface area contributed by atoms with Crippen LogP contribution >= 0.6 is 0 Å². The number of aromatic nitrogens is 2. The standard InChI is InChI=1S/C16H17N3/c1-11-4-6-14(7-5-11)18-15-9-13-10-17-19(3)16(13)8-12(15)2/h4-10,18H,1-3H3. The third-order valence-electron chi connectivity index (χ3n) is 3.42. The van der Waals surface area contributed by atoms with Gasteiger partial charge in [0.1, 0.15) is 0 Å². The molecule has 0 radical (unpaired) electrons. The van der Waals surface area contributed by atoms with Crippen LogP contribution in [0.5, 0.6) is 0 Å². The molecular formula is C16H17N3. The Kier molecular flexibility index (Phi) is 2.75. The molecule has 19 heavy (non-hydrogen) atoms. The quantitative estimate of drug-likeness (QED) is 0.747. The van der Waals surface area contributed by atoms with Crippen LogP contribution < -0.4 is 5.32 Å². The third-order valence-corrected chi connectivity index (χ3v) is 3.42. The SMILES string of the molecule is Cc1ccc(Nc2cc3cnn(C)c3cc2C)cc1. The van der Waals surface area contributed by atoms with Crippen molar-refractivity contribution < 1.29 is 0 Å². The van der Waals surface area contributed by atoms with Gasteiger partial charge in [-0.2, -0.15) is 5.10 Å². The molecule has 1 heterocycles. The molecule has 1 aromatic heterocycles. The fourth-order valence-electron chi connectivity index (χ4n) is 2.23. The summed E-state index contributed by atoms with van der Waals surface area (Å²) in [6, 6.07) is 12.7. The van der Waals surface area contributed by atoms with Crippen LogP contribution in [0, 0.1) is 13.8 Å². The Morgan fingerprint density at radius 3 is 2.53 bits per heavy atom. The van der Waals surface area contributed by atoms with Crippen LogP contribution in [0.25, 0.3) is 10.9 Å². The van der Waals surface area contributed by atoms with E-state index in [4.69, 9.17) is 0 Å². The molecule has 2 aromatic carbocycles. The Morgan fingerprint density at radius 2 is 1.79 bits per heavy atom. The number of hydrogen-bond donors (Lipinski definition) is 1. The van der Waals surface area contributed by atoms with Crippen molar-refractivity contribution in [1.82, 2.24) is 9.78 Å². The van der Waals surface area contributed by atoms with E-state index in [0.29, 0.717) is 0 Å². The largest absolute Gasteiger partial charge is 0.355 e. The van der Waals surface area contributed by atoms with Crippen molar-refractivity contribution in [2.45, 2.75) is 13.8 Å². The average molecular weight is 251 g/mol. The van der Waals surface area contributed by atoms with Gasteiger partial charge in [-0.3, -0.25) is 4.68 Å². The molecule has 0 fully saturated rings. The van der Waals surface area contributed by atoms with Gasteiger partial charge in [-0.1, -0.05) is 17.7 Å². The van der Waals surface area contributed by atoms with Crippen LogP contribution in [0.15, 0.2) is 42.6 Å². The number of hydrogen-bond acceptors (Lipinski definition) is 2. The van der Waals surface area contributed by atoms with E-state index in [1.54, 1.807) is 0 Å². The third kappa shape index (κ3) is 2.19. The lowest BCUT2D eigenvalue weighted by Crippen LogP contribution is -1.94. The van der Waals surface area contributed by atoms with Crippen LogP contribution in [0.2, 0.25) is 0 Å². The van der Waals surface area contributed by atoms with Crippen molar-refractivity contribution in [3.05, 3.63) is 53.7 Å². The highest BCUT2D eigenvalue weighted by Gasteiger charge is 2.05. The number of fused-ring (bicyclic) bond motifs is 1. The lowest BCUT2D eigenvalue weighted by atomic mass is 10.1. The van der Waals surface area contributed by atoms with E-state index in [2.05, 4.69) is 60.7 Å². The summed E-state index contributed by atoms with van der Waals surface area (Å²) >= 11 is 0. The molecule has 0 atom stereocenters. The molecule has 0 aliphatic heterocycles. The number of rotatable bonds is 2. The summed E-state index contributed by atoms with van der Waals surface area (Å²) in [6.45, 7) is 4.21. The van der Waals surface area contributed by atoms with Gasteiger partial charge >= 0.3 is 0 Å². The van der Waals surface area contributed by atoms with Crippen LogP contribution in [0.1, 0.15) is 11.1 Å². The summed E-state index contributed by atoms with van der Waals surface area (Å²) in [7, 11) is 1.97. The molecule has 0 aliphatic carbocycles. The lowest BCUT2D eigenvalue weighted by molar-refractivity contribution is 0.796. The highest BCUT2D eigenvalue weighted by Crippen LogP contribution is 2.26. The predicted molar refractivity (Wildman–Crippen MR) is 79.9 cm³/mol. The minimum Gasteiger partial charge on any atom is -0.355 e. The van der Waals surface area contributed by atoms with Gasteiger partial charge in [0.25, 0.3) is 0 Å². The summed E-state index contributed by atoms with van der Waals surface area (Å²) < 4.78 is 1.90. The molecule has 3 heteroatoms. The zero-order valence-corrected chi connectivity index (χ0v) is 11.4. The minimum absolute atomic E-state index is 1.11. The van der Waals surface area contributed by atoms with Crippen LogP contribution in [0.3, 0.4) is 0 Å². The lowest BCUT2D eigenvalue weighted by Gasteiger charge is -2.10. The van der Waals surface area contributed by atoms with Crippen LogP contribution in [-0.2, 0) is 7.05 Å². The second-order valence-electron chi connectivity index (χ2n) is 4.99. The zero-order chi connectivity index (χ0) is 13.4. The molecule has 0 amide bonds. The minimum atomic E-state index is 1.11. The molecular weight excluding hydrogens is 234 g/mol. The predicted octanol–water partition coefficient (Wildman–Crippen LogP) is 3.93. The number of nitrogens with one attached hydrogen (secondary N) is 1. The van der Waals surface area contributed by atoms with E-state index in [9.17, 15) is 0 Å². The van der Waals surface area contributed by atoms with Crippen LogP contribution in [0.4, 0.5) is 11.4 Å². The molecule has 0 bridgehead atoms. The van der Waals surface area contributed by atoms with E-state index in [1.165, 1.54) is 11.1 Å². The summed E-state index contributed by atoms with van der Waals surface area (Å²) in [5, 5.41) is 8.90. The maximum absolute atomic E-state index is 4.29. The maximum Gasteiger partial charge on any atom is 0.0683 e. The number of nitrogens with zero attached hydrogens (tertiary/aromatic N) is 2. The molecule has 3 aromatic rings. The fourth-order valence-corrected chi connectivity index (χ4v) is 2.23. The molecule has 0 saturated heterocycles. The van der Waals surface area contributed by atoms with E-state index in [1.807, 2.05) is 17.9 Å². The molecule has 0 saturated carbocycles. The Balaban J connectivity index is 2.00. The van der Waals surface area contributed by atoms with Gasteiger partial charge in [-0.05, 0) is 43.7 Å². The van der Waals surface area contributed by atoms with Crippen molar-refractivity contribution in [2.24, 2.45) is 7.05 Å². The molecule has 3 rings (SSSR count). The Bertz CT molecular complexity index is 724. The summed E-state index contributed by atoms with van der Waals surface area (Å²) in [5.74, 6) is 0. The highest BCUT2D eigenvalue weighted by atomic mass is 15.2. The molecule has 0 spiro atoms. The van der Waals surface area contributed by atoms with Crippen molar-refractivity contribution in [3.8, 4) is 0 Å². The zero-order valence-electron chi connectivity index (χ0n) is 11.4. The summed E-state index contributed by atoms with van der Waals surface area (Å²) in [4.78, 5) is 0. The van der Waals surface area contributed by atoms with E-state index < -0.39 is 0 Å². The Morgan fingerprint density at radius 1 is 1.05 bits per heavy atom. The van der Waals surface area contributed by atoms with E-state index in [0.717, 1.165) is 22.3 Å². The molecule has 3 nitrogen and oxygen atoms in total. The van der Waals surface area contributed by atoms with Gasteiger partial charge in [0.05, 0.1) is 11.7 Å². The van der Waals surface area contributed by atoms with Gasteiger partial charge in [0.2, 0.25) is 0 Å². The summed E-state index contributed by atoms with van der Waals surface area (Å²) in [5.41, 5.74) is 5.88. The fraction of sp³-hybridized carbons (Fsp3) is 0.188. The normalized spacial score (nSPS) is 10.9. The van der Waals surface area contributed by atoms with Gasteiger partial charge < -0.3 is 5.32 Å².